The maximum absolute atomic E-state index is 12.8. The van der Waals surface area contributed by atoms with E-state index in [1.807, 2.05) is 13.8 Å². The largest absolute Gasteiger partial charge is 0.383 e. The lowest BCUT2D eigenvalue weighted by Gasteiger charge is -2.31. The molecule has 0 heterocycles. The summed E-state index contributed by atoms with van der Waals surface area (Å²) in [4.78, 5) is 42.3. The minimum atomic E-state index is -1.33. The highest BCUT2D eigenvalue weighted by Crippen LogP contribution is 2.36. The summed E-state index contributed by atoms with van der Waals surface area (Å²) >= 11 is 12.4. The van der Waals surface area contributed by atoms with Crippen molar-refractivity contribution in [2.75, 3.05) is 6.61 Å². The molecule has 1 fully saturated rings. The van der Waals surface area contributed by atoms with Crippen LogP contribution >= 0.6 is 23.2 Å². The van der Waals surface area contributed by atoms with E-state index < -0.39 is 28.7 Å². The second kappa shape index (κ2) is 8.03. The van der Waals surface area contributed by atoms with Gasteiger partial charge in [-0.3, -0.25) is 14.4 Å². The fraction of sp³-hybridized carbons (Fsp3) is 0.368. The summed E-state index contributed by atoms with van der Waals surface area (Å²) in [5, 5.41) is 3.87. The van der Waals surface area contributed by atoms with Gasteiger partial charge < -0.3 is 4.84 Å². The van der Waals surface area contributed by atoms with Crippen LogP contribution in [0.15, 0.2) is 17.3 Å². The number of rotatable bonds is 5. The Bertz CT molecular complexity index is 817. The Morgan fingerprint density at radius 1 is 1.35 bits per heavy atom. The number of ketones is 3. The molecule has 0 aromatic heterocycles. The zero-order valence-corrected chi connectivity index (χ0v) is 15.9. The molecular weight excluding hydrogens is 377 g/mol. The van der Waals surface area contributed by atoms with Crippen LogP contribution in [0, 0.1) is 23.7 Å². The van der Waals surface area contributed by atoms with Crippen LogP contribution in [-0.2, 0) is 14.4 Å². The SMILES string of the molecule is C#CCON=Cc1c(Cl)ccc(C(=O)C2C(=O)CC(C)(C)CC2=O)c1Cl. The summed E-state index contributed by atoms with van der Waals surface area (Å²) in [5.41, 5.74) is -0.158. The van der Waals surface area contributed by atoms with E-state index in [0.29, 0.717) is 0 Å². The molecule has 0 spiro atoms. The maximum Gasteiger partial charge on any atom is 0.182 e. The van der Waals surface area contributed by atoms with Crippen molar-refractivity contribution >= 4 is 46.8 Å². The molecule has 0 aliphatic heterocycles. The predicted octanol–water partition coefficient (Wildman–Crippen LogP) is 3.73. The molecule has 5 nitrogen and oxygen atoms in total. The summed E-state index contributed by atoms with van der Waals surface area (Å²) in [6, 6.07) is 2.85. The van der Waals surface area contributed by atoms with Gasteiger partial charge in [0.05, 0.1) is 16.3 Å². The van der Waals surface area contributed by atoms with E-state index in [2.05, 4.69) is 11.1 Å². The van der Waals surface area contributed by atoms with Gasteiger partial charge in [-0.25, -0.2) is 0 Å². The molecule has 0 radical (unpaired) electrons. The second-order valence-electron chi connectivity index (χ2n) is 6.78. The van der Waals surface area contributed by atoms with Gasteiger partial charge in [0.25, 0.3) is 0 Å². The molecular formula is C19H17Cl2NO4. The first kappa shape index (κ1) is 20.2. The summed E-state index contributed by atoms with van der Waals surface area (Å²) in [6.45, 7) is 3.61. The molecule has 0 unspecified atom stereocenters. The van der Waals surface area contributed by atoms with E-state index >= 15 is 0 Å². The molecule has 136 valence electrons. The molecule has 1 aromatic rings. The van der Waals surface area contributed by atoms with Crippen LogP contribution in [0.3, 0.4) is 0 Å². The Morgan fingerprint density at radius 2 is 1.96 bits per heavy atom. The summed E-state index contributed by atoms with van der Waals surface area (Å²) in [7, 11) is 0. The van der Waals surface area contributed by atoms with Crippen molar-refractivity contribution in [2.24, 2.45) is 16.5 Å². The van der Waals surface area contributed by atoms with Crippen LogP contribution in [0.2, 0.25) is 10.0 Å². The van der Waals surface area contributed by atoms with Gasteiger partial charge >= 0.3 is 0 Å². The Hall–Kier alpha value is -2.16. The summed E-state index contributed by atoms with van der Waals surface area (Å²) in [6.07, 6.45) is 6.60. The number of Topliss-reactive ketones (excluding diaryl/α,β-unsaturated/α-hetero) is 3. The van der Waals surface area contributed by atoms with Crippen LogP contribution in [0.4, 0.5) is 0 Å². The minimum Gasteiger partial charge on any atom is -0.383 e. The number of benzene rings is 1. The zero-order valence-electron chi connectivity index (χ0n) is 14.3. The van der Waals surface area contributed by atoms with E-state index in [-0.39, 0.29) is 40.6 Å². The Labute approximate surface area is 161 Å². The first-order valence-corrected chi connectivity index (χ1v) is 8.60. The third kappa shape index (κ3) is 4.32. The third-order valence-electron chi connectivity index (χ3n) is 4.01. The van der Waals surface area contributed by atoms with E-state index in [4.69, 9.17) is 34.5 Å². The monoisotopic (exact) mass is 393 g/mol. The second-order valence-corrected chi connectivity index (χ2v) is 7.57. The number of terminal acetylenes is 1. The Balaban J connectivity index is 2.35. The number of hydrogen-bond acceptors (Lipinski definition) is 5. The molecule has 26 heavy (non-hydrogen) atoms. The molecule has 2 rings (SSSR count). The first-order valence-electron chi connectivity index (χ1n) is 7.84. The Kier molecular flexibility index (Phi) is 6.22. The fourth-order valence-electron chi connectivity index (χ4n) is 2.88. The first-order chi connectivity index (χ1) is 12.2. The van der Waals surface area contributed by atoms with Crippen LogP contribution < -0.4 is 0 Å². The van der Waals surface area contributed by atoms with Crippen LogP contribution in [-0.4, -0.2) is 30.2 Å². The maximum atomic E-state index is 12.8. The molecule has 0 amide bonds. The van der Waals surface area contributed by atoms with Crippen molar-refractivity contribution in [3.05, 3.63) is 33.3 Å². The quantitative estimate of drug-likeness (QED) is 0.191. The lowest BCUT2D eigenvalue weighted by atomic mass is 9.69. The highest BCUT2D eigenvalue weighted by Gasteiger charge is 2.44. The molecule has 1 aliphatic carbocycles. The fourth-order valence-corrected chi connectivity index (χ4v) is 3.44. The number of halogens is 2. The van der Waals surface area contributed by atoms with Crippen molar-refractivity contribution in [1.29, 1.82) is 0 Å². The van der Waals surface area contributed by atoms with Crippen LogP contribution in [0.1, 0.15) is 42.6 Å². The topological polar surface area (TPSA) is 72.8 Å². The molecule has 1 aliphatic rings. The molecule has 0 atom stereocenters. The van der Waals surface area contributed by atoms with Gasteiger partial charge in [-0.2, -0.15) is 0 Å². The van der Waals surface area contributed by atoms with E-state index in [1.165, 1.54) is 18.3 Å². The van der Waals surface area contributed by atoms with Crippen molar-refractivity contribution in [1.82, 2.24) is 0 Å². The van der Waals surface area contributed by atoms with Gasteiger partial charge in [0.2, 0.25) is 0 Å². The van der Waals surface area contributed by atoms with E-state index in [0.717, 1.165) is 0 Å². The number of carbonyl (C=O) groups excluding carboxylic acids is 3. The van der Waals surface area contributed by atoms with Gasteiger partial charge in [-0.05, 0) is 17.5 Å². The van der Waals surface area contributed by atoms with Gasteiger partial charge in [-0.1, -0.05) is 48.1 Å². The van der Waals surface area contributed by atoms with Crippen molar-refractivity contribution in [3.63, 3.8) is 0 Å². The van der Waals surface area contributed by atoms with Crippen LogP contribution in [0.5, 0.6) is 0 Å². The van der Waals surface area contributed by atoms with Crippen molar-refractivity contribution < 1.29 is 19.2 Å². The molecule has 1 saturated carbocycles. The van der Waals surface area contributed by atoms with Gasteiger partial charge in [0, 0.05) is 24.0 Å². The lowest BCUT2D eigenvalue weighted by molar-refractivity contribution is -0.137. The van der Waals surface area contributed by atoms with Gasteiger partial charge in [-0.15, -0.1) is 6.42 Å². The Morgan fingerprint density at radius 3 is 2.54 bits per heavy atom. The molecule has 7 heteroatoms. The van der Waals surface area contributed by atoms with Gasteiger partial charge in [0.15, 0.2) is 24.0 Å². The van der Waals surface area contributed by atoms with Crippen molar-refractivity contribution in [2.45, 2.75) is 26.7 Å². The molecule has 1 aromatic carbocycles. The lowest BCUT2D eigenvalue weighted by Crippen LogP contribution is -2.41. The van der Waals surface area contributed by atoms with Crippen LogP contribution in [0.25, 0.3) is 0 Å². The number of oxime groups is 1. The minimum absolute atomic E-state index is 0.000918. The standard InChI is InChI=1S/C19H17Cl2NO4/c1-4-7-26-22-10-12-13(20)6-5-11(17(12)21)18(25)16-14(23)8-19(2,3)9-15(16)24/h1,5-6,10,16H,7-9H2,2-3H3. The number of nitrogens with zero attached hydrogens (tertiary/aromatic N) is 1. The smallest absolute Gasteiger partial charge is 0.182 e. The molecule has 0 bridgehead atoms. The van der Waals surface area contributed by atoms with Crippen molar-refractivity contribution in [3.8, 4) is 12.3 Å². The summed E-state index contributed by atoms with van der Waals surface area (Å²) < 4.78 is 0. The third-order valence-corrected chi connectivity index (χ3v) is 4.74. The summed E-state index contributed by atoms with van der Waals surface area (Å²) in [5.74, 6) is -0.504. The zero-order chi connectivity index (χ0) is 19.5. The molecule has 0 N–H and O–H groups in total. The predicted molar refractivity (Wildman–Crippen MR) is 99.7 cm³/mol. The normalized spacial score (nSPS) is 17.3. The average Bonchev–Trinajstić information content (AvgIpc) is 2.52. The number of carbonyl (C=O) groups is 3. The van der Waals surface area contributed by atoms with E-state index in [1.54, 1.807) is 0 Å². The highest BCUT2D eigenvalue weighted by atomic mass is 35.5. The number of hydrogen-bond donors (Lipinski definition) is 0. The van der Waals surface area contributed by atoms with E-state index in [9.17, 15) is 14.4 Å². The highest BCUT2D eigenvalue weighted by molar-refractivity contribution is 6.41. The van der Waals surface area contributed by atoms with Gasteiger partial charge in [0.1, 0.15) is 5.92 Å². The molecule has 0 saturated heterocycles. The average molecular weight is 394 g/mol.